The molecule has 2 aromatic rings. The van der Waals surface area contributed by atoms with Crippen molar-refractivity contribution in [3.8, 4) is 0 Å². The third-order valence-corrected chi connectivity index (χ3v) is 3.71. The molecular formula is C17H24N2O4. The molecular weight excluding hydrogens is 296 g/mol. The quantitative estimate of drug-likeness (QED) is 0.831. The number of aromatic amines is 1. The van der Waals surface area contributed by atoms with Crippen molar-refractivity contribution < 1.29 is 14.1 Å². The van der Waals surface area contributed by atoms with Crippen LogP contribution in [-0.4, -0.2) is 30.3 Å². The van der Waals surface area contributed by atoms with Crippen LogP contribution in [0.2, 0.25) is 0 Å². The molecule has 1 saturated heterocycles. The van der Waals surface area contributed by atoms with E-state index in [1.54, 1.807) is 0 Å². The Hall–Kier alpha value is -2.08. The highest BCUT2D eigenvalue weighted by atomic mass is 16.5. The Bertz CT molecular complexity index is 690. The van der Waals surface area contributed by atoms with Gasteiger partial charge in [-0.1, -0.05) is 6.07 Å². The van der Waals surface area contributed by atoms with Crippen LogP contribution in [0.5, 0.6) is 0 Å². The van der Waals surface area contributed by atoms with E-state index in [0.717, 1.165) is 25.9 Å². The molecule has 23 heavy (non-hydrogen) atoms. The summed E-state index contributed by atoms with van der Waals surface area (Å²) in [6, 6.07) is 5.91. The maximum absolute atomic E-state index is 11.5. The van der Waals surface area contributed by atoms with Gasteiger partial charge in [0, 0.05) is 0 Å². The van der Waals surface area contributed by atoms with Crippen molar-refractivity contribution in [1.29, 1.82) is 0 Å². The summed E-state index contributed by atoms with van der Waals surface area (Å²) in [6.07, 6.45) is 2.28. The standard InChI is InChI=1S/C12H14N2O2.C5H10O2/c15-12-10-7-9(1-2-11(10)16-14-12)8-3-5-13-6-4-8;1-5(2,3)7-4-6/h1-2,7-8,13H,3-6H2,(H,14,15);4H,1-3H3. The summed E-state index contributed by atoms with van der Waals surface area (Å²) >= 11 is 0. The average Bonchev–Trinajstić information content (AvgIpc) is 2.89. The van der Waals surface area contributed by atoms with Crippen LogP contribution in [0.3, 0.4) is 0 Å². The van der Waals surface area contributed by atoms with Gasteiger partial charge in [0.15, 0.2) is 5.58 Å². The number of rotatable bonds is 2. The van der Waals surface area contributed by atoms with Gasteiger partial charge in [-0.25, -0.2) is 0 Å². The lowest BCUT2D eigenvalue weighted by Crippen LogP contribution is -2.26. The highest BCUT2D eigenvalue weighted by Gasteiger charge is 2.16. The van der Waals surface area contributed by atoms with Crippen LogP contribution in [0.1, 0.15) is 45.1 Å². The molecule has 1 aromatic heterocycles. The first-order chi connectivity index (χ1) is 10.9. The third kappa shape index (κ3) is 4.96. The number of fused-ring (bicyclic) bond motifs is 1. The number of benzene rings is 1. The molecule has 0 atom stereocenters. The lowest BCUT2D eigenvalue weighted by Gasteiger charge is -2.22. The Balaban J connectivity index is 0.000000236. The molecule has 0 amide bonds. The predicted molar refractivity (Wildman–Crippen MR) is 88.6 cm³/mol. The summed E-state index contributed by atoms with van der Waals surface area (Å²) in [4.78, 5) is 21.1. The van der Waals surface area contributed by atoms with Crippen molar-refractivity contribution in [2.75, 3.05) is 13.1 Å². The van der Waals surface area contributed by atoms with Crippen LogP contribution in [0.4, 0.5) is 0 Å². The fraction of sp³-hybridized carbons (Fsp3) is 0.529. The van der Waals surface area contributed by atoms with Gasteiger partial charge in [0.2, 0.25) is 0 Å². The first-order valence-electron chi connectivity index (χ1n) is 7.84. The smallest absolute Gasteiger partial charge is 0.293 e. The molecule has 0 bridgehead atoms. The summed E-state index contributed by atoms with van der Waals surface area (Å²) in [5, 5.41) is 6.37. The molecule has 0 spiro atoms. The van der Waals surface area contributed by atoms with Gasteiger partial charge < -0.3 is 14.6 Å². The molecule has 6 heteroatoms. The second-order valence-electron chi connectivity index (χ2n) is 6.64. The van der Waals surface area contributed by atoms with Crippen molar-refractivity contribution in [1.82, 2.24) is 10.5 Å². The van der Waals surface area contributed by atoms with Gasteiger partial charge in [-0.3, -0.25) is 9.59 Å². The summed E-state index contributed by atoms with van der Waals surface area (Å²) in [6.45, 7) is 8.04. The minimum absolute atomic E-state index is 0.134. The number of piperidine rings is 1. The van der Waals surface area contributed by atoms with Gasteiger partial charge in [0.25, 0.3) is 12.0 Å². The average molecular weight is 320 g/mol. The second-order valence-corrected chi connectivity index (χ2v) is 6.64. The van der Waals surface area contributed by atoms with E-state index in [-0.39, 0.29) is 11.2 Å². The minimum Gasteiger partial charge on any atom is -0.462 e. The Labute approximate surface area is 135 Å². The fourth-order valence-electron chi connectivity index (χ4n) is 2.52. The van der Waals surface area contributed by atoms with Crippen molar-refractivity contribution in [2.24, 2.45) is 0 Å². The number of H-pyrrole nitrogens is 1. The van der Waals surface area contributed by atoms with Crippen LogP contribution in [0.15, 0.2) is 27.5 Å². The number of aromatic nitrogens is 1. The van der Waals surface area contributed by atoms with Gasteiger partial charge in [-0.05, 0) is 70.3 Å². The SMILES string of the molecule is CC(C)(C)OC=O.O=c1[nH]oc2ccc(C3CCNCC3)cc12. The highest BCUT2D eigenvalue weighted by Crippen LogP contribution is 2.26. The zero-order valence-corrected chi connectivity index (χ0v) is 13.8. The van der Waals surface area contributed by atoms with Crippen LogP contribution in [-0.2, 0) is 9.53 Å². The highest BCUT2D eigenvalue weighted by molar-refractivity contribution is 5.76. The Morgan fingerprint density at radius 1 is 1.26 bits per heavy atom. The Kier molecular flexibility index (Phi) is 5.60. The zero-order chi connectivity index (χ0) is 16.9. The molecule has 1 aliphatic heterocycles. The van der Waals surface area contributed by atoms with Crippen LogP contribution < -0.4 is 10.9 Å². The molecule has 2 heterocycles. The summed E-state index contributed by atoms with van der Waals surface area (Å²) < 4.78 is 9.59. The van der Waals surface area contributed by atoms with Gasteiger partial charge in [0.1, 0.15) is 5.60 Å². The van der Waals surface area contributed by atoms with E-state index < -0.39 is 0 Å². The number of ether oxygens (including phenoxy) is 1. The number of carbonyl (C=O) groups is 1. The molecule has 1 aromatic carbocycles. The van der Waals surface area contributed by atoms with Gasteiger partial charge in [-0.15, -0.1) is 0 Å². The number of hydrogen-bond donors (Lipinski definition) is 2. The first kappa shape index (κ1) is 17.3. The lowest BCUT2D eigenvalue weighted by molar-refractivity contribution is -0.138. The monoisotopic (exact) mass is 320 g/mol. The molecule has 0 aliphatic carbocycles. The predicted octanol–water partition coefficient (Wildman–Crippen LogP) is 2.55. The summed E-state index contributed by atoms with van der Waals surface area (Å²) in [7, 11) is 0. The van der Waals surface area contributed by atoms with Gasteiger partial charge in [0.05, 0.1) is 5.39 Å². The molecule has 1 aliphatic rings. The van der Waals surface area contributed by atoms with Crippen molar-refractivity contribution in [3.63, 3.8) is 0 Å². The molecule has 0 saturated carbocycles. The third-order valence-electron chi connectivity index (χ3n) is 3.71. The molecule has 1 fully saturated rings. The van der Waals surface area contributed by atoms with E-state index in [2.05, 4.69) is 21.3 Å². The maximum atomic E-state index is 11.5. The van der Waals surface area contributed by atoms with E-state index >= 15 is 0 Å². The number of carbonyl (C=O) groups excluding carboxylic acids is 1. The molecule has 126 valence electrons. The van der Waals surface area contributed by atoms with Crippen molar-refractivity contribution in [2.45, 2.75) is 45.1 Å². The van der Waals surface area contributed by atoms with Gasteiger partial charge in [-0.2, -0.15) is 5.16 Å². The molecule has 0 radical (unpaired) electrons. The minimum atomic E-state index is -0.318. The molecule has 0 unspecified atom stereocenters. The largest absolute Gasteiger partial charge is 0.462 e. The van der Waals surface area contributed by atoms with E-state index in [1.807, 2.05) is 32.9 Å². The topological polar surface area (TPSA) is 84.3 Å². The molecule has 2 N–H and O–H groups in total. The molecule has 6 nitrogen and oxygen atoms in total. The van der Waals surface area contributed by atoms with Crippen LogP contribution >= 0.6 is 0 Å². The summed E-state index contributed by atoms with van der Waals surface area (Å²) in [5.74, 6) is 0.569. The van der Waals surface area contributed by atoms with E-state index in [1.165, 1.54) is 5.56 Å². The number of hydrogen-bond acceptors (Lipinski definition) is 5. The maximum Gasteiger partial charge on any atom is 0.293 e. The first-order valence-corrected chi connectivity index (χ1v) is 7.84. The van der Waals surface area contributed by atoms with Crippen LogP contribution in [0, 0.1) is 0 Å². The van der Waals surface area contributed by atoms with E-state index in [9.17, 15) is 9.59 Å². The second kappa shape index (κ2) is 7.46. The van der Waals surface area contributed by atoms with Crippen molar-refractivity contribution in [3.05, 3.63) is 34.1 Å². The van der Waals surface area contributed by atoms with E-state index in [0.29, 0.717) is 23.4 Å². The zero-order valence-electron chi connectivity index (χ0n) is 13.8. The van der Waals surface area contributed by atoms with Crippen molar-refractivity contribution >= 4 is 17.4 Å². The van der Waals surface area contributed by atoms with E-state index in [4.69, 9.17) is 4.52 Å². The number of nitrogens with one attached hydrogen (secondary N) is 2. The fourth-order valence-corrected chi connectivity index (χ4v) is 2.52. The van der Waals surface area contributed by atoms with Crippen LogP contribution in [0.25, 0.3) is 11.0 Å². The summed E-state index contributed by atoms with van der Waals surface area (Å²) in [5.41, 5.74) is 1.44. The normalized spacial score (nSPS) is 15.8. The molecule has 3 rings (SSSR count). The van der Waals surface area contributed by atoms with Gasteiger partial charge >= 0.3 is 0 Å². The Morgan fingerprint density at radius 3 is 2.52 bits per heavy atom. The Morgan fingerprint density at radius 2 is 1.96 bits per heavy atom. The lowest BCUT2D eigenvalue weighted by atomic mass is 9.90.